The Balaban J connectivity index is 1.83. The highest BCUT2D eigenvalue weighted by Gasteiger charge is 2.09. The predicted molar refractivity (Wildman–Crippen MR) is 96.2 cm³/mol. The Labute approximate surface area is 138 Å². The van der Waals surface area contributed by atoms with Gasteiger partial charge in [-0.05, 0) is 36.4 Å². The third-order valence-corrected chi connectivity index (χ3v) is 4.33. The van der Waals surface area contributed by atoms with Crippen molar-refractivity contribution in [1.29, 1.82) is 5.26 Å². The van der Waals surface area contributed by atoms with Gasteiger partial charge in [-0.15, -0.1) is 11.3 Å². The van der Waals surface area contributed by atoms with Crippen molar-refractivity contribution in [2.75, 3.05) is 24.4 Å². The van der Waals surface area contributed by atoms with Crippen molar-refractivity contribution in [1.82, 2.24) is 4.98 Å². The average molecular weight is 321 g/mol. The van der Waals surface area contributed by atoms with Gasteiger partial charge >= 0.3 is 0 Å². The van der Waals surface area contributed by atoms with E-state index < -0.39 is 0 Å². The number of nitrogens with zero attached hydrogens (tertiary/aromatic N) is 4. The molecule has 0 fully saturated rings. The fraction of sp³-hybridized carbons (Fsp3) is 0.118. The number of nitriles is 1. The largest absolute Gasteiger partial charge is 0.378 e. The van der Waals surface area contributed by atoms with E-state index in [2.05, 4.69) is 21.6 Å². The van der Waals surface area contributed by atoms with Crippen LogP contribution in [0.25, 0.3) is 10.2 Å². The van der Waals surface area contributed by atoms with Gasteiger partial charge in [-0.3, -0.25) is 5.43 Å². The molecule has 114 valence electrons. The molecule has 0 amide bonds. The quantitative estimate of drug-likeness (QED) is 0.588. The summed E-state index contributed by atoms with van der Waals surface area (Å²) in [5.74, 6) is 0. The smallest absolute Gasteiger partial charge is 0.196 e. The molecule has 0 bridgehead atoms. The molecule has 0 radical (unpaired) electrons. The van der Waals surface area contributed by atoms with E-state index >= 15 is 0 Å². The van der Waals surface area contributed by atoms with Crippen molar-refractivity contribution in [2.24, 2.45) is 5.10 Å². The Bertz CT molecular complexity index is 854. The Morgan fingerprint density at radius 1 is 1.17 bits per heavy atom. The first-order chi connectivity index (χ1) is 11.2. The van der Waals surface area contributed by atoms with Gasteiger partial charge in [0.1, 0.15) is 6.07 Å². The third-order valence-electron chi connectivity index (χ3n) is 3.28. The molecule has 0 aliphatic heterocycles. The Morgan fingerprint density at radius 2 is 1.91 bits per heavy atom. The van der Waals surface area contributed by atoms with Gasteiger partial charge in [0.05, 0.1) is 15.9 Å². The van der Waals surface area contributed by atoms with E-state index in [1.54, 1.807) is 0 Å². The lowest BCUT2D eigenvalue weighted by molar-refractivity contribution is 1.13. The first-order valence-corrected chi connectivity index (χ1v) is 7.86. The summed E-state index contributed by atoms with van der Waals surface area (Å²) in [5.41, 5.74) is 6.01. The Kier molecular flexibility index (Phi) is 4.22. The molecule has 1 heterocycles. The van der Waals surface area contributed by atoms with Crippen LogP contribution in [0.15, 0.2) is 53.6 Å². The number of benzene rings is 2. The first kappa shape index (κ1) is 15.0. The van der Waals surface area contributed by atoms with E-state index in [9.17, 15) is 5.26 Å². The minimum Gasteiger partial charge on any atom is -0.378 e. The highest BCUT2D eigenvalue weighted by atomic mass is 32.1. The Morgan fingerprint density at radius 3 is 2.57 bits per heavy atom. The maximum absolute atomic E-state index is 9.34. The lowest BCUT2D eigenvalue weighted by Gasteiger charge is -2.12. The molecular formula is C17H15N5S. The van der Waals surface area contributed by atoms with Crippen LogP contribution in [0.1, 0.15) is 5.01 Å². The molecule has 0 spiro atoms. The number of rotatable bonds is 4. The summed E-state index contributed by atoms with van der Waals surface area (Å²) in [6.45, 7) is 0. The van der Waals surface area contributed by atoms with Crippen LogP contribution in [-0.2, 0) is 0 Å². The molecule has 23 heavy (non-hydrogen) atoms. The SMILES string of the molecule is CN(C)c1ccc(N/N=C(\C#N)c2nc3ccccc3s2)cc1. The van der Waals surface area contributed by atoms with Crippen LogP contribution < -0.4 is 10.3 Å². The van der Waals surface area contributed by atoms with Crippen LogP contribution in [0, 0.1) is 11.3 Å². The fourth-order valence-electron chi connectivity index (χ4n) is 2.05. The zero-order chi connectivity index (χ0) is 16.2. The molecule has 0 saturated carbocycles. The number of nitrogens with one attached hydrogen (secondary N) is 1. The fourth-order valence-corrected chi connectivity index (χ4v) is 2.95. The molecule has 5 nitrogen and oxygen atoms in total. The molecular weight excluding hydrogens is 306 g/mol. The van der Waals surface area contributed by atoms with Crippen molar-refractivity contribution in [2.45, 2.75) is 0 Å². The van der Waals surface area contributed by atoms with Crippen LogP contribution >= 0.6 is 11.3 Å². The standard InChI is InChI=1S/C17H15N5S/c1-22(2)13-9-7-12(8-10-13)20-21-15(11-18)17-19-14-5-3-4-6-16(14)23-17/h3-10,20H,1-2H3/b21-15+. The third kappa shape index (κ3) is 3.30. The molecule has 1 N–H and O–H groups in total. The van der Waals surface area contributed by atoms with Crippen molar-refractivity contribution in [3.63, 3.8) is 0 Å². The van der Waals surface area contributed by atoms with Crippen LogP contribution in [0.5, 0.6) is 0 Å². The van der Waals surface area contributed by atoms with Gasteiger partial charge in [0.15, 0.2) is 10.7 Å². The van der Waals surface area contributed by atoms with Gasteiger partial charge in [-0.2, -0.15) is 10.4 Å². The van der Waals surface area contributed by atoms with Gasteiger partial charge in [0.2, 0.25) is 0 Å². The van der Waals surface area contributed by atoms with Gasteiger partial charge in [0, 0.05) is 19.8 Å². The van der Waals surface area contributed by atoms with E-state index in [0.29, 0.717) is 5.01 Å². The van der Waals surface area contributed by atoms with E-state index in [-0.39, 0.29) is 5.71 Å². The number of fused-ring (bicyclic) bond motifs is 1. The van der Waals surface area contributed by atoms with Crippen LogP contribution in [0.3, 0.4) is 0 Å². The van der Waals surface area contributed by atoms with Gasteiger partial charge < -0.3 is 4.90 Å². The van der Waals surface area contributed by atoms with Crippen LogP contribution in [-0.4, -0.2) is 24.8 Å². The van der Waals surface area contributed by atoms with Gasteiger partial charge in [-0.1, -0.05) is 12.1 Å². The molecule has 3 rings (SSSR count). The lowest BCUT2D eigenvalue weighted by Crippen LogP contribution is -2.08. The highest BCUT2D eigenvalue weighted by molar-refractivity contribution is 7.20. The number of aromatic nitrogens is 1. The molecule has 0 unspecified atom stereocenters. The summed E-state index contributed by atoms with van der Waals surface area (Å²) in [6.07, 6.45) is 0. The molecule has 0 aliphatic rings. The summed E-state index contributed by atoms with van der Waals surface area (Å²) in [7, 11) is 3.98. The summed E-state index contributed by atoms with van der Waals surface area (Å²) in [5, 5.41) is 14.1. The molecule has 0 saturated heterocycles. The lowest BCUT2D eigenvalue weighted by atomic mass is 10.3. The summed E-state index contributed by atoms with van der Waals surface area (Å²) >= 11 is 1.46. The molecule has 0 atom stereocenters. The summed E-state index contributed by atoms with van der Waals surface area (Å²) < 4.78 is 1.04. The number of hydrazone groups is 1. The number of hydrogen-bond acceptors (Lipinski definition) is 6. The van der Waals surface area contributed by atoms with Gasteiger partial charge in [-0.25, -0.2) is 4.98 Å². The second kappa shape index (κ2) is 6.46. The molecule has 2 aromatic carbocycles. The number of anilines is 2. The Hall–Kier alpha value is -2.91. The average Bonchev–Trinajstić information content (AvgIpc) is 2.99. The summed E-state index contributed by atoms with van der Waals surface area (Å²) in [6, 6.07) is 17.7. The maximum atomic E-state index is 9.34. The van der Waals surface area contributed by atoms with Crippen molar-refractivity contribution in [3.8, 4) is 6.07 Å². The van der Waals surface area contributed by atoms with E-state index in [0.717, 1.165) is 21.6 Å². The van der Waals surface area contributed by atoms with Crippen molar-refractivity contribution < 1.29 is 0 Å². The molecule has 3 aromatic rings. The molecule has 6 heteroatoms. The molecule has 1 aromatic heterocycles. The van der Waals surface area contributed by atoms with Crippen molar-refractivity contribution in [3.05, 3.63) is 53.5 Å². The first-order valence-electron chi connectivity index (χ1n) is 7.04. The summed E-state index contributed by atoms with van der Waals surface area (Å²) in [4.78, 5) is 6.47. The van der Waals surface area contributed by atoms with E-state index in [4.69, 9.17) is 0 Å². The number of hydrogen-bond donors (Lipinski definition) is 1. The monoisotopic (exact) mass is 321 g/mol. The minimum absolute atomic E-state index is 0.280. The highest BCUT2D eigenvalue weighted by Crippen LogP contribution is 2.22. The van der Waals surface area contributed by atoms with E-state index in [1.165, 1.54) is 11.3 Å². The topological polar surface area (TPSA) is 64.3 Å². The molecule has 0 aliphatic carbocycles. The normalized spacial score (nSPS) is 11.3. The second-order valence-corrected chi connectivity index (χ2v) is 6.14. The second-order valence-electron chi connectivity index (χ2n) is 5.11. The number of para-hydroxylation sites is 1. The van der Waals surface area contributed by atoms with Gasteiger partial charge in [0.25, 0.3) is 0 Å². The zero-order valence-electron chi connectivity index (χ0n) is 12.8. The van der Waals surface area contributed by atoms with Crippen molar-refractivity contribution >= 4 is 38.6 Å². The maximum Gasteiger partial charge on any atom is 0.196 e. The van der Waals surface area contributed by atoms with E-state index in [1.807, 2.05) is 67.5 Å². The van der Waals surface area contributed by atoms with Crippen LogP contribution in [0.2, 0.25) is 0 Å². The minimum atomic E-state index is 0.280. The number of thiazole rings is 1. The zero-order valence-corrected chi connectivity index (χ0v) is 13.6. The van der Waals surface area contributed by atoms with Crippen LogP contribution in [0.4, 0.5) is 11.4 Å². The predicted octanol–water partition coefficient (Wildman–Crippen LogP) is 3.70.